The number of hydrogen-bond acceptors (Lipinski definition) is 6. The van der Waals surface area contributed by atoms with Gasteiger partial charge in [-0.3, -0.25) is 14.0 Å². The average Bonchev–Trinajstić information content (AvgIpc) is 3.24. The Balaban J connectivity index is 1.68. The van der Waals surface area contributed by atoms with Gasteiger partial charge in [-0.2, -0.15) is 0 Å². The van der Waals surface area contributed by atoms with E-state index in [1.54, 1.807) is 13.2 Å². The molecule has 7 nitrogen and oxygen atoms in total. The number of fused-ring (bicyclic) bond motifs is 3. The molecular formula is C18H20N4O3S. The number of anilines is 1. The van der Waals surface area contributed by atoms with Gasteiger partial charge in [0.2, 0.25) is 5.43 Å². The Labute approximate surface area is 153 Å². The van der Waals surface area contributed by atoms with Crippen molar-refractivity contribution in [2.75, 3.05) is 31.6 Å². The van der Waals surface area contributed by atoms with Gasteiger partial charge in [0.15, 0.2) is 5.75 Å². The molecule has 2 fully saturated rings. The molecule has 2 unspecified atom stereocenters. The minimum atomic E-state index is -0.342. The quantitative estimate of drug-likeness (QED) is 0.636. The normalized spacial score (nSPS) is 22.9. The van der Waals surface area contributed by atoms with Crippen LogP contribution in [0.2, 0.25) is 0 Å². The molecule has 26 heavy (non-hydrogen) atoms. The Morgan fingerprint density at radius 2 is 2.15 bits per heavy atom. The van der Waals surface area contributed by atoms with Gasteiger partial charge >= 0.3 is 0 Å². The summed E-state index contributed by atoms with van der Waals surface area (Å²) < 4.78 is 8.35. The first-order valence-electron chi connectivity index (χ1n) is 8.90. The van der Waals surface area contributed by atoms with Crippen molar-refractivity contribution in [3.63, 3.8) is 0 Å². The number of ether oxygens (including phenoxy) is 1. The molecule has 0 amide bonds. The van der Waals surface area contributed by atoms with Crippen LogP contribution in [0.25, 0.3) is 21.1 Å². The fraction of sp³-hybridized carbons (Fsp3) is 0.444. The van der Waals surface area contributed by atoms with Crippen LogP contribution in [0.15, 0.2) is 21.7 Å². The van der Waals surface area contributed by atoms with Crippen LogP contribution in [0, 0.1) is 5.92 Å². The molecule has 2 saturated heterocycles. The second-order valence-electron chi connectivity index (χ2n) is 7.10. The van der Waals surface area contributed by atoms with Gasteiger partial charge in [0.1, 0.15) is 10.2 Å². The molecule has 0 saturated carbocycles. The first-order valence-corrected chi connectivity index (χ1v) is 9.71. The third-order valence-corrected chi connectivity index (χ3v) is 6.49. The molecule has 3 aromatic rings. The number of nitrogens with one attached hydrogen (secondary N) is 3. The van der Waals surface area contributed by atoms with E-state index in [0.29, 0.717) is 33.4 Å². The van der Waals surface area contributed by atoms with E-state index in [9.17, 15) is 9.59 Å². The van der Waals surface area contributed by atoms with E-state index >= 15 is 0 Å². The number of nitrogens with zero attached hydrogens (tertiary/aromatic N) is 1. The Morgan fingerprint density at radius 3 is 2.96 bits per heavy atom. The van der Waals surface area contributed by atoms with E-state index in [1.165, 1.54) is 12.8 Å². The van der Waals surface area contributed by atoms with Crippen molar-refractivity contribution in [1.29, 1.82) is 0 Å². The predicted octanol–water partition coefficient (Wildman–Crippen LogP) is 1.63. The zero-order valence-electron chi connectivity index (χ0n) is 14.4. The minimum absolute atomic E-state index is 0.189. The third-order valence-electron chi connectivity index (χ3n) is 5.69. The van der Waals surface area contributed by atoms with Crippen molar-refractivity contribution in [2.24, 2.45) is 5.92 Å². The van der Waals surface area contributed by atoms with Gasteiger partial charge in [-0.25, -0.2) is 0 Å². The van der Waals surface area contributed by atoms with E-state index in [1.807, 2.05) is 6.07 Å². The van der Waals surface area contributed by atoms with Crippen molar-refractivity contribution in [3.8, 4) is 5.75 Å². The van der Waals surface area contributed by atoms with E-state index < -0.39 is 0 Å². The summed E-state index contributed by atoms with van der Waals surface area (Å²) in [7, 11) is 1.63. The molecule has 2 aliphatic heterocycles. The Hall–Kier alpha value is -2.32. The van der Waals surface area contributed by atoms with Crippen LogP contribution in [-0.4, -0.2) is 42.1 Å². The fourth-order valence-corrected chi connectivity index (χ4v) is 5.17. The molecular weight excluding hydrogens is 352 g/mol. The highest BCUT2D eigenvalue weighted by Gasteiger charge is 2.35. The topological polar surface area (TPSA) is 90.2 Å². The molecule has 4 heterocycles. The fourth-order valence-electron chi connectivity index (χ4n) is 4.43. The third kappa shape index (κ3) is 2.22. The van der Waals surface area contributed by atoms with Gasteiger partial charge in [0.05, 0.1) is 23.7 Å². The van der Waals surface area contributed by atoms with Crippen LogP contribution in [0.3, 0.4) is 0 Å². The number of aromatic nitrogens is 2. The summed E-state index contributed by atoms with van der Waals surface area (Å²) in [5.41, 5.74) is 1.05. The summed E-state index contributed by atoms with van der Waals surface area (Å²) in [6, 6.07) is 4.26. The standard InChI is InChI=1S/C18H20N4O3S/c1-25-16-12(22-7-9-3-2-6-19-11(9)8-22)5-4-10-14(16)20-18-13(15(10)23)17(24)21-26-18/h4-5,9,11,19H,2-3,6-8H2,1H3,(H,20,23)(H,21,24). The molecule has 1 aromatic carbocycles. The lowest BCUT2D eigenvalue weighted by molar-refractivity contribution is 0.340. The molecule has 2 aliphatic rings. The molecule has 136 valence electrons. The highest BCUT2D eigenvalue weighted by molar-refractivity contribution is 7.12. The second kappa shape index (κ2) is 5.85. The Kier molecular flexibility index (Phi) is 3.58. The molecule has 0 radical (unpaired) electrons. The second-order valence-corrected chi connectivity index (χ2v) is 7.92. The highest BCUT2D eigenvalue weighted by atomic mass is 32.1. The summed E-state index contributed by atoms with van der Waals surface area (Å²) >= 11 is 1.14. The number of aromatic amines is 2. The maximum atomic E-state index is 12.8. The van der Waals surface area contributed by atoms with E-state index in [-0.39, 0.29) is 16.4 Å². The van der Waals surface area contributed by atoms with Crippen LogP contribution in [-0.2, 0) is 0 Å². The van der Waals surface area contributed by atoms with Crippen LogP contribution in [0.5, 0.6) is 5.75 Å². The minimum Gasteiger partial charge on any atom is -0.492 e. The van der Waals surface area contributed by atoms with Crippen molar-refractivity contribution < 1.29 is 4.74 Å². The van der Waals surface area contributed by atoms with Gasteiger partial charge in [0, 0.05) is 19.1 Å². The first-order chi connectivity index (χ1) is 12.7. The maximum Gasteiger partial charge on any atom is 0.271 e. The van der Waals surface area contributed by atoms with E-state index in [2.05, 4.69) is 19.6 Å². The van der Waals surface area contributed by atoms with Gasteiger partial charge < -0.3 is 19.9 Å². The van der Waals surface area contributed by atoms with Crippen LogP contribution < -0.4 is 25.9 Å². The van der Waals surface area contributed by atoms with Crippen LogP contribution >= 0.6 is 11.5 Å². The molecule has 0 bridgehead atoms. The zero-order chi connectivity index (χ0) is 17.8. The van der Waals surface area contributed by atoms with Gasteiger partial charge in [-0.05, 0) is 49.0 Å². The van der Waals surface area contributed by atoms with Crippen molar-refractivity contribution >= 4 is 38.3 Å². The van der Waals surface area contributed by atoms with Gasteiger partial charge in [-0.15, -0.1) is 0 Å². The van der Waals surface area contributed by atoms with Crippen LogP contribution in [0.1, 0.15) is 12.8 Å². The van der Waals surface area contributed by atoms with Crippen molar-refractivity contribution in [1.82, 2.24) is 14.7 Å². The number of methoxy groups -OCH3 is 1. The van der Waals surface area contributed by atoms with Gasteiger partial charge in [0.25, 0.3) is 5.56 Å². The number of piperidine rings is 1. The number of H-pyrrole nitrogens is 2. The number of pyridine rings is 1. The summed E-state index contributed by atoms with van der Waals surface area (Å²) in [6.45, 7) is 3.02. The van der Waals surface area contributed by atoms with E-state index in [4.69, 9.17) is 4.74 Å². The van der Waals surface area contributed by atoms with Crippen molar-refractivity contribution in [3.05, 3.63) is 32.7 Å². The maximum absolute atomic E-state index is 12.8. The van der Waals surface area contributed by atoms with Gasteiger partial charge in [-0.1, -0.05) is 0 Å². The lowest BCUT2D eigenvalue weighted by Crippen LogP contribution is -2.40. The van der Waals surface area contributed by atoms with E-state index in [0.717, 1.165) is 36.9 Å². The number of benzene rings is 1. The lowest BCUT2D eigenvalue weighted by Gasteiger charge is -2.24. The SMILES string of the molecule is COc1c(N2CC3CCCNC3C2)ccc2c(=O)c3c(=O)[nH]sc3[nH]c12. The molecule has 0 spiro atoms. The molecule has 0 aliphatic carbocycles. The summed E-state index contributed by atoms with van der Waals surface area (Å²) in [5, 5.41) is 4.29. The summed E-state index contributed by atoms with van der Waals surface area (Å²) in [4.78, 5) is 30.8. The summed E-state index contributed by atoms with van der Waals surface area (Å²) in [5.74, 6) is 1.32. The molecule has 8 heteroatoms. The molecule has 2 aromatic heterocycles. The number of rotatable bonds is 2. The Morgan fingerprint density at radius 1 is 1.27 bits per heavy atom. The van der Waals surface area contributed by atoms with Crippen molar-refractivity contribution in [2.45, 2.75) is 18.9 Å². The first kappa shape index (κ1) is 15.9. The zero-order valence-corrected chi connectivity index (χ0v) is 15.2. The lowest BCUT2D eigenvalue weighted by atomic mass is 9.94. The van der Waals surface area contributed by atoms with Crippen LogP contribution in [0.4, 0.5) is 5.69 Å². The predicted molar refractivity (Wildman–Crippen MR) is 104 cm³/mol. The largest absolute Gasteiger partial charge is 0.492 e. The Bertz CT molecular complexity index is 1100. The summed E-state index contributed by atoms with van der Waals surface area (Å²) in [6.07, 6.45) is 2.47. The monoisotopic (exact) mass is 372 g/mol. The number of hydrogen-bond donors (Lipinski definition) is 3. The average molecular weight is 372 g/mol. The molecule has 5 rings (SSSR count). The molecule has 3 N–H and O–H groups in total. The highest BCUT2D eigenvalue weighted by Crippen LogP contribution is 2.38. The smallest absolute Gasteiger partial charge is 0.271 e. The molecule has 2 atom stereocenters.